The van der Waals surface area contributed by atoms with Crippen LogP contribution in [0.15, 0.2) is 23.2 Å². The maximum absolute atomic E-state index is 14.6. The molecule has 8 heteroatoms. The predicted octanol–water partition coefficient (Wildman–Crippen LogP) is 3.39. The molecule has 0 spiro atoms. The van der Waals surface area contributed by atoms with Gasteiger partial charge in [0, 0.05) is 51.1 Å². The van der Waals surface area contributed by atoms with E-state index in [1.165, 1.54) is 0 Å². The van der Waals surface area contributed by atoms with Gasteiger partial charge in [0.25, 0.3) is 0 Å². The SMILES string of the molecule is CCN1CCN(c2ccc(CNC(=NC)NCC(C)(C)SC)cc2F)CC1.I. The number of benzene rings is 1. The van der Waals surface area contributed by atoms with Gasteiger partial charge in [-0.3, -0.25) is 4.99 Å². The van der Waals surface area contributed by atoms with E-state index in [-0.39, 0.29) is 34.5 Å². The Hall–Kier alpha value is -0.740. The van der Waals surface area contributed by atoms with Crippen molar-refractivity contribution in [1.29, 1.82) is 0 Å². The van der Waals surface area contributed by atoms with Gasteiger partial charge in [0.15, 0.2) is 5.96 Å². The van der Waals surface area contributed by atoms with Crippen molar-refractivity contribution in [2.75, 3.05) is 57.5 Å². The van der Waals surface area contributed by atoms with Crippen molar-refractivity contribution in [3.63, 3.8) is 0 Å². The fraction of sp³-hybridized carbons (Fsp3) is 0.650. The molecule has 1 aromatic rings. The van der Waals surface area contributed by atoms with E-state index in [4.69, 9.17) is 0 Å². The number of guanidine groups is 1. The molecule has 1 fully saturated rings. The smallest absolute Gasteiger partial charge is 0.191 e. The summed E-state index contributed by atoms with van der Waals surface area (Å²) in [6, 6.07) is 5.53. The highest BCUT2D eigenvalue weighted by atomic mass is 127. The molecule has 1 aliphatic heterocycles. The quantitative estimate of drug-likeness (QED) is 0.326. The van der Waals surface area contributed by atoms with Crippen molar-refractivity contribution < 1.29 is 4.39 Å². The summed E-state index contributed by atoms with van der Waals surface area (Å²) in [7, 11) is 1.75. The molecular formula is C20H35FIN5S. The molecule has 0 atom stereocenters. The van der Waals surface area contributed by atoms with Crippen molar-refractivity contribution in [3.05, 3.63) is 29.6 Å². The summed E-state index contributed by atoms with van der Waals surface area (Å²) >= 11 is 1.81. The summed E-state index contributed by atoms with van der Waals surface area (Å²) in [5.74, 6) is 0.586. The molecule has 160 valence electrons. The second kappa shape index (κ2) is 12.1. The van der Waals surface area contributed by atoms with Gasteiger partial charge in [-0.15, -0.1) is 24.0 Å². The van der Waals surface area contributed by atoms with Gasteiger partial charge in [-0.25, -0.2) is 4.39 Å². The molecule has 2 rings (SSSR count). The van der Waals surface area contributed by atoms with Crippen LogP contribution in [0, 0.1) is 5.82 Å². The highest BCUT2D eigenvalue weighted by Gasteiger charge is 2.19. The molecule has 0 aromatic heterocycles. The van der Waals surface area contributed by atoms with E-state index in [1.807, 2.05) is 23.9 Å². The molecule has 0 aliphatic carbocycles. The Morgan fingerprint density at radius 1 is 1.21 bits per heavy atom. The molecule has 5 nitrogen and oxygen atoms in total. The third-order valence-corrected chi connectivity index (χ3v) is 6.34. The summed E-state index contributed by atoms with van der Waals surface area (Å²) in [6.45, 7) is 12.7. The summed E-state index contributed by atoms with van der Waals surface area (Å²) in [6.07, 6.45) is 2.10. The van der Waals surface area contributed by atoms with Crippen LogP contribution in [0.25, 0.3) is 0 Å². The monoisotopic (exact) mass is 523 g/mol. The number of hydrogen-bond acceptors (Lipinski definition) is 4. The van der Waals surface area contributed by atoms with Crippen LogP contribution in [-0.4, -0.2) is 68.2 Å². The molecule has 0 amide bonds. The third-order valence-electron chi connectivity index (χ3n) is 5.09. The minimum atomic E-state index is -0.147. The third kappa shape index (κ3) is 7.59. The van der Waals surface area contributed by atoms with Crippen LogP contribution in [0.3, 0.4) is 0 Å². The largest absolute Gasteiger partial charge is 0.367 e. The van der Waals surface area contributed by atoms with E-state index < -0.39 is 0 Å². The van der Waals surface area contributed by atoms with Gasteiger partial charge >= 0.3 is 0 Å². The summed E-state index contributed by atoms with van der Waals surface area (Å²) in [5.41, 5.74) is 1.62. The standard InChI is InChI=1S/C20H34FN5S.HI/c1-6-25-9-11-26(12-10-25)18-8-7-16(13-17(18)21)14-23-19(22-4)24-15-20(2,3)27-5;/h7-8,13H,6,9-12,14-15H2,1-5H3,(H2,22,23,24);1H. The number of nitrogens with zero attached hydrogens (tertiary/aromatic N) is 3. The number of anilines is 1. The normalized spacial score (nSPS) is 15.9. The van der Waals surface area contributed by atoms with Crippen molar-refractivity contribution in [2.45, 2.75) is 32.1 Å². The maximum atomic E-state index is 14.6. The number of halogens is 2. The average molecular weight is 524 g/mol. The van der Waals surface area contributed by atoms with E-state index in [0.29, 0.717) is 12.2 Å². The zero-order valence-corrected chi connectivity index (χ0v) is 20.9. The van der Waals surface area contributed by atoms with Gasteiger partial charge in [-0.1, -0.05) is 13.0 Å². The van der Waals surface area contributed by atoms with Gasteiger partial charge in [-0.2, -0.15) is 11.8 Å². The number of hydrogen-bond donors (Lipinski definition) is 2. The first-order valence-corrected chi connectivity index (χ1v) is 10.9. The molecule has 28 heavy (non-hydrogen) atoms. The lowest BCUT2D eigenvalue weighted by atomic mass is 10.1. The lowest BCUT2D eigenvalue weighted by Gasteiger charge is -2.35. The van der Waals surface area contributed by atoms with E-state index in [2.05, 4.69) is 52.5 Å². The first kappa shape index (κ1) is 25.3. The number of piperazine rings is 1. The summed E-state index contributed by atoms with van der Waals surface area (Å²) in [4.78, 5) is 8.78. The van der Waals surface area contributed by atoms with Crippen molar-refractivity contribution in [3.8, 4) is 0 Å². The minimum absolute atomic E-state index is 0. The molecule has 2 N–H and O–H groups in total. The van der Waals surface area contributed by atoms with Crippen molar-refractivity contribution in [1.82, 2.24) is 15.5 Å². The van der Waals surface area contributed by atoms with Crippen LogP contribution in [-0.2, 0) is 6.54 Å². The van der Waals surface area contributed by atoms with Gasteiger partial charge in [-0.05, 0) is 44.3 Å². The molecule has 1 heterocycles. The Kier molecular flexibility index (Phi) is 10.9. The van der Waals surface area contributed by atoms with Crippen LogP contribution < -0.4 is 15.5 Å². The zero-order chi connectivity index (χ0) is 19.9. The van der Waals surface area contributed by atoms with Crippen LogP contribution in [0.2, 0.25) is 0 Å². The molecule has 1 saturated heterocycles. The zero-order valence-electron chi connectivity index (χ0n) is 17.7. The van der Waals surface area contributed by atoms with E-state index in [9.17, 15) is 4.39 Å². The van der Waals surface area contributed by atoms with Crippen molar-refractivity contribution in [2.24, 2.45) is 4.99 Å². The lowest BCUT2D eigenvalue weighted by molar-refractivity contribution is 0.270. The number of aliphatic imine (C=N–C) groups is 1. The Bertz CT molecular complexity index is 633. The van der Waals surface area contributed by atoms with Gasteiger partial charge in [0.1, 0.15) is 5.82 Å². The van der Waals surface area contributed by atoms with Crippen LogP contribution in [0.5, 0.6) is 0 Å². The minimum Gasteiger partial charge on any atom is -0.367 e. The second-order valence-electron chi connectivity index (χ2n) is 7.45. The Labute approximate surface area is 190 Å². The average Bonchev–Trinajstić information content (AvgIpc) is 2.68. The van der Waals surface area contributed by atoms with Crippen LogP contribution >= 0.6 is 35.7 Å². The molecule has 0 bridgehead atoms. The molecule has 0 unspecified atom stereocenters. The maximum Gasteiger partial charge on any atom is 0.191 e. The Morgan fingerprint density at radius 3 is 2.43 bits per heavy atom. The highest BCUT2D eigenvalue weighted by Crippen LogP contribution is 2.22. The van der Waals surface area contributed by atoms with E-state index in [1.54, 1.807) is 13.1 Å². The Morgan fingerprint density at radius 2 is 1.89 bits per heavy atom. The number of nitrogens with one attached hydrogen (secondary N) is 2. The summed E-state index contributed by atoms with van der Waals surface area (Å²) in [5, 5.41) is 6.59. The van der Waals surface area contributed by atoms with E-state index in [0.717, 1.165) is 50.8 Å². The first-order valence-electron chi connectivity index (χ1n) is 9.64. The molecular weight excluding hydrogens is 488 g/mol. The van der Waals surface area contributed by atoms with Crippen LogP contribution in [0.1, 0.15) is 26.3 Å². The fourth-order valence-electron chi connectivity index (χ4n) is 3.00. The van der Waals surface area contributed by atoms with Gasteiger partial charge in [0.2, 0.25) is 0 Å². The van der Waals surface area contributed by atoms with Crippen LogP contribution in [0.4, 0.5) is 10.1 Å². The number of rotatable bonds is 7. The van der Waals surface area contributed by atoms with Crippen molar-refractivity contribution >= 4 is 47.4 Å². The summed E-state index contributed by atoms with van der Waals surface area (Å²) < 4.78 is 14.8. The first-order chi connectivity index (χ1) is 12.9. The van der Waals surface area contributed by atoms with Gasteiger partial charge in [0.05, 0.1) is 5.69 Å². The van der Waals surface area contributed by atoms with Gasteiger partial charge < -0.3 is 20.4 Å². The molecule has 1 aromatic carbocycles. The topological polar surface area (TPSA) is 42.9 Å². The predicted molar refractivity (Wildman–Crippen MR) is 132 cm³/mol. The molecule has 1 aliphatic rings. The molecule has 0 radical (unpaired) electrons. The fourth-order valence-corrected chi connectivity index (χ4v) is 3.21. The van der Waals surface area contributed by atoms with E-state index >= 15 is 0 Å². The lowest BCUT2D eigenvalue weighted by Crippen LogP contribution is -2.46. The molecule has 0 saturated carbocycles. The second-order valence-corrected chi connectivity index (χ2v) is 8.96. The number of likely N-dealkylation sites (N-methyl/N-ethyl adjacent to an activating group) is 1. The number of thioether (sulfide) groups is 1. The Balaban J connectivity index is 0.00000392. The highest BCUT2D eigenvalue weighted by molar-refractivity contribution is 14.0.